The van der Waals surface area contributed by atoms with Gasteiger partial charge in [0.2, 0.25) is 0 Å². The molecule has 2 N–H and O–H groups in total. The van der Waals surface area contributed by atoms with Gasteiger partial charge in [0, 0.05) is 51.7 Å². The summed E-state index contributed by atoms with van der Waals surface area (Å²) in [5, 5.41) is 5.34. The predicted octanol–water partition coefficient (Wildman–Crippen LogP) is 0.976. The van der Waals surface area contributed by atoms with Crippen molar-refractivity contribution in [2.45, 2.75) is 6.42 Å². The maximum absolute atomic E-state index is 4.83. The molecular formula is C17H22N8. The van der Waals surface area contributed by atoms with Gasteiger partial charge in [-0.15, -0.1) is 0 Å². The lowest BCUT2D eigenvalue weighted by molar-refractivity contribution is 0.556. The molecule has 0 spiro atoms. The third-order valence-electron chi connectivity index (χ3n) is 4.65. The lowest BCUT2D eigenvalue weighted by Gasteiger charge is -2.21. The van der Waals surface area contributed by atoms with Crippen molar-refractivity contribution in [3.63, 3.8) is 0 Å². The number of fused-ring (bicyclic) bond motifs is 1. The Morgan fingerprint density at radius 3 is 2.72 bits per heavy atom. The average Bonchev–Trinajstić information content (AvgIpc) is 3.30. The molecule has 3 aromatic heterocycles. The van der Waals surface area contributed by atoms with Crippen LogP contribution in [0.4, 0.5) is 5.82 Å². The molecule has 1 saturated heterocycles. The summed E-state index contributed by atoms with van der Waals surface area (Å²) in [5.41, 5.74) is 8.17. The van der Waals surface area contributed by atoms with E-state index in [-0.39, 0.29) is 0 Å². The molecule has 0 atom stereocenters. The maximum atomic E-state index is 4.83. The first kappa shape index (κ1) is 15.9. The highest BCUT2D eigenvalue weighted by Crippen LogP contribution is 2.26. The number of nitrogens with zero attached hydrogens (tertiary/aromatic N) is 6. The number of hydrazine groups is 1. The van der Waals surface area contributed by atoms with Crippen LogP contribution in [0.1, 0.15) is 6.42 Å². The number of hydrogen-bond acceptors (Lipinski definition) is 7. The summed E-state index contributed by atoms with van der Waals surface area (Å²) in [6.07, 6.45) is 6.47. The second-order valence-electron chi connectivity index (χ2n) is 6.45. The topological polar surface area (TPSA) is 83.8 Å². The predicted molar refractivity (Wildman–Crippen MR) is 96.9 cm³/mol. The molecular weight excluding hydrogens is 316 g/mol. The Labute approximate surface area is 146 Å². The molecule has 130 valence electrons. The molecule has 1 fully saturated rings. The lowest BCUT2D eigenvalue weighted by Crippen LogP contribution is -2.24. The highest BCUT2D eigenvalue weighted by Gasteiger charge is 2.18. The van der Waals surface area contributed by atoms with Crippen molar-refractivity contribution >= 4 is 16.9 Å². The van der Waals surface area contributed by atoms with Crippen molar-refractivity contribution in [1.29, 1.82) is 0 Å². The monoisotopic (exact) mass is 338 g/mol. The van der Waals surface area contributed by atoms with Gasteiger partial charge in [0.15, 0.2) is 11.5 Å². The van der Waals surface area contributed by atoms with E-state index in [0.29, 0.717) is 11.7 Å². The van der Waals surface area contributed by atoms with Crippen LogP contribution in [0.25, 0.3) is 22.4 Å². The largest absolute Gasteiger partial charge is 0.359 e. The number of anilines is 1. The van der Waals surface area contributed by atoms with E-state index in [1.165, 1.54) is 0 Å². The minimum absolute atomic E-state index is 0.647. The number of pyridine rings is 1. The molecule has 1 aliphatic rings. The van der Waals surface area contributed by atoms with Gasteiger partial charge >= 0.3 is 0 Å². The normalized spacial score (nSPS) is 15.1. The van der Waals surface area contributed by atoms with Crippen molar-refractivity contribution in [3.05, 3.63) is 30.7 Å². The molecule has 4 heterocycles. The van der Waals surface area contributed by atoms with Crippen molar-refractivity contribution in [2.75, 3.05) is 31.6 Å². The summed E-state index contributed by atoms with van der Waals surface area (Å²) in [7, 11) is 3.99. The Kier molecular flexibility index (Phi) is 4.29. The van der Waals surface area contributed by atoms with Crippen molar-refractivity contribution in [3.8, 4) is 11.4 Å². The van der Waals surface area contributed by atoms with Crippen LogP contribution in [0.2, 0.25) is 0 Å². The van der Waals surface area contributed by atoms with Crippen molar-refractivity contribution in [2.24, 2.45) is 13.0 Å². The zero-order valence-electron chi connectivity index (χ0n) is 14.5. The van der Waals surface area contributed by atoms with Gasteiger partial charge in [-0.05, 0) is 24.5 Å². The van der Waals surface area contributed by atoms with Crippen LogP contribution in [0.5, 0.6) is 0 Å². The minimum atomic E-state index is 0.647. The van der Waals surface area contributed by atoms with Gasteiger partial charge in [-0.1, -0.05) is 0 Å². The summed E-state index contributed by atoms with van der Waals surface area (Å²) < 4.78 is 1.80. The Hall–Kier alpha value is -2.58. The van der Waals surface area contributed by atoms with E-state index in [1.807, 2.05) is 25.4 Å². The SMILES string of the molecule is CN(CCC1CNNC1)c1nc(-c2ccncc2)nc2c1cnn2C. The maximum Gasteiger partial charge on any atom is 0.164 e. The van der Waals surface area contributed by atoms with Gasteiger partial charge in [-0.2, -0.15) is 5.10 Å². The molecule has 8 heteroatoms. The quantitative estimate of drug-likeness (QED) is 0.717. The van der Waals surface area contributed by atoms with Crippen LogP contribution in [0.3, 0.4) is 0 Å². The summed E-state index contributed by atoms with van der Waals surface area (Å²) in [4.78, 5) is 15.8. The number of hydrogen-bond donors (Lipinski definition) is 2. The van der Waals surface area contributed by atoms with Gasteiger partial charge < -0.3 is 4.90 Å². The van der Waals surface area contributed by atoms with Crippen LogP contribution in [-0.4, -0.2) is 51.4 Å². The highest BCUT2D eigenvalue weighted by atomic mass is 15.4. The molecule has 1 aliphatic heterocycles. The Bertz CT molecular complexity index is 854. The molecule has 8 nitrogen and oxygen atoms in total. The van der Waals surface area contributed by atoms with E-state index in [4.69, 9.17) is 9.97 Å². The van der Waals surface area contributed by atoms with Crippen LogP contribution in [0, 0.1) is 5.92 Å². The lowest BCUT2D eigenvalue weighted by atomic mass is 10.1. The fraction of sp³-hybridized carbons (Fsp3) is 0.412. The third-order valence-corrected chi connectivity index (χ3v) is 4.65. The minimum Gasteiger partial charge on any atom is -0.359 e. The summed E-state index contributed by atoms with van der Waals surface area (Å²) in [6.45, 7) is 2.97. The molecule has 0 unspecified atom stereocenters. The summed E-state index contributed by atoms with van der Waals surface area (Å²) >= 11 is 0. The van der Waals surface area contributed by atoms with Crippen LogP contribution in [0.15, 0.2) is 30.7 Å². The van der Waals surface area contributed by atoms with E-state index >= 15 is 0 Å². The molecule has 0 aliphatic carbocycles. The zero-order chi connectivity index (χ0) is 17.2. The van der Waals surface area contributed by atoms with Crippen LogP contribution < -0.4 is 15.8 Å². The van der Waals surface area contributed by atoms with Gasteiger partial charge in [0.25, 0.3) is 0 Å². The molecule has 3 aromatic rings. The second-order valence-corrected chi connectivity index (χ2v) is 6.45. The average molecular weight is 338 g/mol. The number of aromatic nitrogens is 5. The van der Waals surface area contributed by atoms with Gasteiger partial charge in [0.1, 0.15) is 5.82 Å². The first-order chi connectivity index (χ1) is 12.2. The molecule has 0 aromatic carbocycles. The standard InChI is InChI=1S/C17H22N8/c1-24(8-5-12-9-19-20-10-12)16-14-11-21-25(2)17(14)23-15(22-16)13-3-6-18-7-4-13/h3-4,6-7,11-12,19-20H,5,8-10H2,1-2H3. The van der Waals surface area contributed by atoms with E-state index in [1.54, 1.807) is 17.1 Å². The molecule has 0 bridgehead atoms. The van der Waals surface area contributed by atoms with Gasteiger partial charge in [-0.3, -0.25) is 20.5 Å². The van der Waals surface area contributed by atoms with Crippen molar-refractivity contribution in [1.82, 2.24) is 35.6 Å². The molecule has 0 saturated carbocycles. The van der Waals surface area contributed by atoms with Crippen LogP contribution in [-0.2, 0) is 7.05 Å². The Morgan fingerprint density at radius 2 is 1.96 bits per heavy atom. The van der Waals surface area contributed by atoms with E-state index in [2.05, 4.69) is 32.9 Å². The molecule has 0 radical (unpaired) electrons. The number of aryl methyl sites for hydroxylation is 1. The van der Waals surface area contributed by atoms with E-state index < -0.39 is 0 Å². The first-order valence-corrected chi connectivity index (χ1v) is 8.49. The van der Waals surface area contributed by atoms with Crippen molar-refractivity contribution < 1.29 is 0 Å². The zero-order valence-corrected chi connectivity index (χ0v) is 14.5. The molecule has 0 amide bonds. The third kappa shape index (κ3) is 3.18. The molecule has 4 rings (SSSR count). The first-order valence-electron chi connectivity index (χ1n) is 8.49. The van der Waals surface area contributed by atoms with Gasteiger partial charge in [-0.25, -0.2) is 9.97 Å². The van der Waals surface area contributed by atoms with Crippen LogP contribution >= 0.6 is 0 Å². The Morgan fingerprint density at radius 1 is 1.20 bits per heavy atom. The fourth-order valence-corrected chi connectivity index (χ4v) is 3.12. The molecule has 25 heavy (non-hydrogen) atoms. The fourth-order valence-electron chi connectivity index (χ4n) is 3.12. The van der Waals surface area contributed by atoms with Gasteiger partial charge in [0.05, 0.1) is 11.6 Å². The summed E-state index contributed by atoms with van der Waals surface area (Å²) in [6, 6.07) is 3.86. The Balaban J connectivity index is 1.68. The second kappa shape index (κ2) is 6.73. The smallest absolute Gasteiger partial charge is 0.164 e. The number of rotatable bonds is 5. The van der Waals surface area contributed by atoms with E-state index in [9.17, 15) is 0 Å². The highest BCUT2D eigenvalue weighted by molar-refractivity contribution is 5.88. The summed E-state index contributed by atoms with van der Waals surface area (Å²) in [5.74, 6) is 2.27. The number of nitrogens with one attached hydrogen (secondary N) is 2. The van der Waals surface area contributed by atoms with E-state index in [0.717, 1.165) is 48.5 Å².